The molecule has 9 heavy (non-hydrogen) atoms. The minimum absolute atomic E-state index is 0.870. The van der Waals surface area contributed by atoms with Crippen LogP contribution in [0.1, 0.15) is 0 Å². The molecule has 0 aliphatic rings. The molecular weight excluding hydrogens is 110 g/mol. The molecule has 0 unspecified atom stereocenters. The molecule has 0 rings (SSSR count). The quantitative estimate of drug-likeness (QED) is 0.400. The number of allylic oxidation sites excluding steroid dienone is 4. The van der Waals surface area contributed by atoms with Gasteiger partial charge in [-0.2, -0.15) is 0 Å². The highest BCUT2D eigenvalue weighted by molar-refractivity contribution is 6.03. The van der Waals surface area contributed by atoms with Crippen LogP contribution >= 0.6 is 0 Å². The molecule has 48 valence electrons. The first kappa shape index (κ1) is 7.89. The second-order valence-electron chi connectivity index (χ2n) is 1.45. The minimum atomic E-state index is 0.870. The summed E-state index contributed by atoms with van der Waals surface area (Å²) in [6.45, 7) is 7.09. The molecule has 0 atom stereocenters. The van der Waals surface area contributed by atoms with E-state index in [0.29, 0.717) is 0 Å². The van der Waals surface area contributed by atoms with Gasteiger partial charge >= 0.3 is 0 Å². The summed E-state index contributed by atoms with van der Waals surface area (Å²) in [5.74, 6) is 0. The van der Waals surface area contributed by atoms with Crippen LogP contribution in [0.25, 0.3) is 0 Å². The lowest BCUT2D eigenvalue weighted by Crippen LogP contribution is -1.83. The summed E-state index contributed by atoms with van der Waals surface area (Å²) in [6.07, 6.45) is 7.07. The summed E-state index contributed by atoms with van der Waals surface area (Å²) in [6, 6.07) is 0. The van der Waals surface area contributed by atoms with Crippen LogP contribution in [-0.4, -0.2) is 12.8 Å². The highest BCUT2D eigenvalue weighted by atomic mass is 14.7. The predicted molar refractivity (Wildman–Crippen MR) is 42.9 cm³/mol. The van der Waals surface area contributed by atoms with E-state index in [1.807, 2.05) is 12.2 Å². The standard InChI is InChI=1S/C8H11N/c1-4-6-7-8(5-2)9-3/h4-7H,1-2H2,3H3/b7-6-,9-8?. The molecule has 0 amide bonds. The smallest absolute Gasteiger partial charge is 0.0564 e. The van der Waals surface area contributed by atoms with E-state index in [2.05, 4.69) is 18.2 Å². The van der Waals surface area contributed by atoms with Gasteiger partial charge in [0.2, 0.25) is 0 Å². The lowest BCUT2D eigenvalue weighted by molar-refractivity contribution is 1.45. The molecule has 0 bridgehead atoms. The molecule has 1 nitrogen and oxygen atoms in total. The van der Waals surface area contributed by atoms with Gasteiger partial charge in [-0.25, -0.2) is 0 Å². The molecule has 1 heteroatoms. The van der Waals surface area contributed by atoms with Crippen LogP contribution in [0.5, 0.6) is 0 Å². The normalized spacial score (nSPS) is 11.9. The van der Waals surface area contributed by atoms with Crippen molar-refractivity contribution in [2.45, 2.75) is 0 Å². The highest BCUT2D eigenvalue weighted by Gasteiger charge is 1.77. The molecule has 0 fully saturated rings. The Bertz CT molecular complexity index is 152. The average Bonchev–Trinajstić information content (AvgIpc) is 1.91. The van der Waals surface area contributed by atoms with Gasteiger partial charge in [-0.1, -0.05) is 25.3 Å². The van der Waals surface area contributed by atoms with Crippen LogP contribution in [0.15, 0.2) is 42.5 Å². The Hall–Kier alpha value is -1.11. The zero-order chi connectivity index (χ0) is 7.11. The molecule has 0 spiro atoms. The summed E-state index contributed by atoms with van der Waals surface area (Å²) in [7, 11) is 1.73. The number of nitrogens with zero attached hydrogens (tertiary/aromatic N) is 1. The van der Waals surface area contributed by atoms with Crippen LogP contribution in [0, 0.1) is 0 Å². The maximum absolute atomic E-state index is 3.91. The average molecular weight is 121 g/mol. The van der Waals surface area contributed by atoms with Gasteiger partial charge in [0.15, 0.2) is 0 Å². The Kier molecular flexibility index (Phi) is 4.41. The molecular formula is C8H11N. The third-order valence-corrected chi connectivity index (χ3v) is 0.870. The summed E-state index contributed by atoms with van der Waals surface area (Å²) in [5.41, 5.74) is 0.870. The number of rotatable bonds is 3. The number of hydrogen-bond donors (Lipinski definition) is 0. The van der Waals surface area contributed by atoms with Crippen molar-refractivity contribution in [1.82, 2.24) is 0 Å². The molecule has 0 N–H and O–H groups in total. The minimum Gasteiger partial charge on any atom is -0.289 e. The summed E-state index contributed by atoms with van der Waals surface area (Å²) in [4.78, 5) is 3.91. The summed E-state index contributed by atoms with van der Waals surface area (Å²) >= 11 is 0. The lowest BCUT2D eigenvalue weighted by Gasteiger charge is -1.84. The number of hydrogen-bond acceptors (Lipinski definition) is 1. The maximum atomic E-state index is 3.91. The van der Waals surface area contributed by atoms with E-state index in [-0.39, 0.29) is 0 Å². The van der Waals surface area contributed by atoms with E-state index in [1.54, 1.807) is 19.2 Å². The van der Waals surface area contributed by atoms with Gasteiger partial charge in [0, 0.05) is 7.05 Å². The fourth-order valence-corrected chi connectivity index (χ4v) is 0.400. The van der Waals surface area contributed by atoms with Crippen molar-refractivity contribution in [3.05, 3.63) is 37.5 Å². The first-order valence-electron chi connectivity index (χ1n) is 2.73. The first-order valence-corrected chi connectivity index (χ1v) is 2.73. The van der Waals surface area contributed by atoms with Crippen molar-refractivity contribution >= 4 is 5.71 Å². The van der Waals surface area contributed by atoms with E-state index in [1.165, 1.54) is 0 Å². The molecule has 0 saturated carbocycles. The second kappa shape index (κ2) is 5.04. The van der Waals surface area contributed by atoms with Crippen LogP contribution in [0.4, 0.5) is 0 Å². The zero-order valence-electron chi connectivity index (χ0n) is 5.67. The third-order valence-electron chi connectivity index (χ3n) is 0.870. The molecule has 0 aliphatic carbocycles. The third kappa shape index (κ3) is 3.47. The Morgan fingerprint density at radius 2 is 2.11 bits per heavy atom. The lowest BCUT2D eigenvalue weighted by atomic mass is 10.3. The largest absolute Gasteiger partial charge is 0.289 e. The van der Waals surface area contributed by atoms with Crippen molar-refractivity contribution in [3.8, 4) is 0 Å². The summed E-state index contributed by atoms with van der Waals surface area (Å²) in [5, 5.41) is 0. The molecule has 0 aromatic heterocycles. The first-order chi connectivity index (χ1) is 4.35. The Morgan fingerprint density at radius 3 is 2.44 bits per heavy atom. The van der Waals surface area contributed by atoms with Crippen molar-refractivity contribution < 1.29 is 0 Å². The van der Waals surface area contributed by atoms with Crippen molar-refractivity contribution in [2.24, 2.45) is 4.99 Å². The Labute approximate surface area is 56.1 Å². The molecule has 0 heterocycles. The van der Waals surface area contributed by atoms with Crippen LogP contribution < -0.4 is 0 Å². The fraction of sp³-hybridized carbons (Fsp3) is 0.125. The maximum Gasteiger partial charge on any atom is 0.0564 e. The van der Waals surface area contributed by atoms with E-state index in [9.17, 15) is 0 Å². The van der Waals surface area contributed by atoms with E-state index in [0.717, 1.165) is 5.71 Å². The van der Waals surface area contributed by atoms with Gasteiger partial charge in [-0.05, 0) is 12.2 Å². The molecule has 0 aromatic carbocycles. The van der Waals surface area contributed by atoms with Gasteiger partial charge < -0.3 is 0 Å². The van der Waals surface area contributed by atoms with Crippen LogP contribution in [0.3, 0.4) is 0 Å². The predicted octanol–water partition coefficient (Wildman–Crippen LogP) is 1.99. The SMILES string of the molecule is C=C/C=C\C(C=C)=NC. The van der Waals surface area contributed by atoms with Crippen molar-refractivity contribution in [1.29, 1.82) is 0 Å². The van der Waals surface area contributed by atoms with E-state index < -0.39 is 0 Å². The van der Waals surface area contributed by atoms with Gasteiger partial charge in [0.05, 0.1) is 5.71 Å². The van der Waals surface area contributed by atoms with Crippen molar-refractivity contribution in [3.63, 3.8) is 0 Å². The van der Waals surface area contributed by atoms with Crippen molar-refractivity contribution in [2.75, 3.05) is 7.05 Å². The molecule has 0 radical (unpaired) electrons. The molecule has 0 saturated heterocycles. The highest BCUT2D eigenvalue weighted by Crippen LogP contribution is 1.81. The topological polar surface area (TPSA) is 12.4 Å². The zero-order valence-corrected chi connectivity index (χ0v) is 5.67. The van der Waals surface area contributed by atoms with Gasteiger partial charge in [-0.15, -0.1) is 0 Å². The van der Waals surface area contributed by atoms with E-state index in [4.69, 9.17) is 0 Å². The Morgan fingerprint density at radius 1 is 1.44 bits per heavy atom. The Balaban J connectivity index is 3.99. The number of aliphatic imine (C=N–C) groups is 1. The molecule has 0 aromatic rings. The van der Waals surface area contributed by atoms with Gasteiger partial charge in [-0.3, -0.25) is 4.99 Å². The van der Waals surface area contributed by atoms with Gasteiger partial charge in [0.25, 0.3) is 0 Å². The molecule has 0 aliphatic heterocycles. The van der Waals surface area contributed by atoms with E-state index >= 15 is 0 Å². The second-order valence-corrected chi connectivity index (χ2v) is 1.45. The summed E-state index contributed by atoms with van der Waals surface area (Å²) < 4.78 is 0. The fourth-order valence-electron chi connectivity index (χ4n) is 0.400. The van der Waals surface area contributed by atoms with Gasteiger partial charge in [0.1, 0.15) is 0 Å². The van der Waals surface area contributed by atoms with Crippen LogP contribution in [-0.2, 0) is 0 Å². The monoisotopic (exact) mass is 121 g/mol. The van der Waals surface area contributed by atoms with Crippen LogP contribution in [0.2, 0.25) is 0 Å².